The Kier molecular flexibility index (Phi) is 6.16. The minimum atomic E-state index is -1.15. The highest BCUT2D eigenvalue weighted by Crippen LogP contribution is 2.23. The summed E-state index contributed by atoms with van der Waals surface area (Å²) in [6, 6.07) is 5.55. The van der Waals surface area contributed by atoms with Gasteiger partial charge in [0.1, 0.15) is 11.6 Å². The molecule has 2 aromatic carbocycles. The second kappa shape index (κ2) is 9.00. The number of amides is 1. The second-order valence-electron chi connectivity index (χ2n) is 7.25. The number of carbonyl (C=O) groups excluding carboxylic acids is 1. The summed E-state index contributed by atoms with van der Waals surface area (Å²) in [6.07, 6.45) is -0.0641. The van der Waals surface area contributed by atoms with Crippen LogP contribution in [0.1, 0.15) is 28.4 Å². The van der Waals surface area contributed by atoms with Gasteiger partial charge in [0, 0.05) is 24.1 Å². The summed E-state index contributed by atoms with van der Waals surface area (Å²) in [6.45, 7) is 0.837. The first-order valence-electron chi connectivity index (χ1n) is 9.53. The van der Waals surface area contributed by atoms with Gasteiger partial charge in [0.2, 0.25) is 5.96 Å². The first-order valence-corrected chi connectivity index (χ1v) is 9.53. The minimum Gasteiger partial charge on any atom is -0.377 e. The maximum Gasteiger partial charge on any atom is 0.280 e. The maximum absolute atomic E-state index is 13.5. The largest absolute Gasteiger partial charge is 0.377 e. The van der Waals surface area contributed by atoms with E-state index in [4.69, 9.17) is 4.74 Å². The van der Waals surface area contributed by atoms with Crippen molar-refractivity contribution in [2.24, 2.45) is 4.99 Å². The number of nitrogens with zero attached hydrogens (tertiary/aromatic N) is 1. The molecule has 31 heavy (non-hydrogen) atoms. The molecule has 11 heteroatoms. The molecule has 2 atom stereocenters. The zero-order valence-corrected chi connectivity index (χ0v) is 16.1. The molecule has 2 fully saturated rings. The van der Waals surface area contributed by atoms with Crippen LogP contribution in [-0.2, 0) is 4.74 Å². The van der Waals surface area contributed by atoms with Gasteiger partial charge in [-0.05, 0) is 35.9 Å². The van der Waals surface area contributed by atoms with Crippen LogP contribution in [-0.4, -0.2) is 37.3 Å². The zero-order valence-electron chi connectivity index (χ0n) is 16.1. The second-order valence-corrected chi connectivity index (χ2v) is 7.25. The highest BCUT2D eigenvalue weighted by molar-refractivity contribution is 6.02. The van der Waals surface area contributed by atoms with Gasteiger partial charge in [0.05, 0.1) is 25.4 Å². The average molecular weight is 437 g/mol. The van der Waals surface area contributed by atoms with Gasteiger partial charge < -0.3 is 15.4 Å². The quantitative estimate of drug-likeness (QED) is 0.332. The summed E-state index contributed by atoms with van der Waals surface area (Å²) in [5.41, 5.74) is 6.17. The number of hydrogen-bond acceptors (Lipinski definition) is 4. The molecule has 1 amide bonds. The Morgan fingerprint density at radius 3 is 2.35 bits per heavy atom. The Morgan fingerprint density at radius 2 is 1.71 bits per heavy atom. The molecule has 4 N–H and O–H groups in total. The third-order valence-electron chi connectivity index (χ3n) is 4.86. The Labute approximate surface area is 174 Å². The van der Waals surface area contributed by atoms with Crippen LogP contribution in [0.4, 0.5) is 17.6 Å². The third kappa shape index (κ3) is 5.19. The standard InChI is InChI=1S/C20H19F4N5O2/c21-12-3-11(4-13(22)6-12)17-7-18(29-28-17)26-20(25-14-8-31-9-14)27-19(30)10-1-2-15(23)16(24)5-10/h1-6,14,17-18,28-29H,7-9H2,(H2,25,26,27,30). The van der Waals surface area contributed by atoms with Crippen molar-refractivity contribution in [2.75, 3.05) is 13.2 Å². The van der Waals surface area contributed by atoms with Crippen LogP contribution in [0.25, 0.3) is 0 Å². The molecule has 4 rings (SSSR count). The first kappa shape index (κ1) is 21.2. The van der Waals surface area contributed by atoms with E-state index in [2.05, 4.69) is 26.5 Å². The van der Waals surface area contributed by atoms with Gasteiger partial charge in [-0.3, -0.25) is 4.79 Å². The summed E-state index contributed by atoms with van der Waals surface area (Å²) in [5, 5.41) is 6.02. The van der Waals surface area contributed by atoms with Crippen molar-refractivity contribution in [3.63, 3.8) is 0 Å². The van der Waals surface area contributed by atoms with E-state index in [1.165, 1.54) is 12.1 Å². The highest BCUT2D eigenvalue weighted by atomic mass is 19.2. The number of rotatable bonds is 4. The topological polar surface area (TPSA) is 86.8 Å². The van der Waals surface area contributed by atoms with Crippen LogP contribution < -0.4 is 21.5 Å². The number of halogens is 4. The van der Waals surface area contributed by atoms with Crippen LogP contribution in [0.2, 0.25) is 0 Å². The number of hydrazine groups is 1. The van der Waals surface area contributed by atoms with Crippen molar-refractivity contribution >= 4 is 11.9 Å². The molecule has 0 aromatic heterocycles. The van der Waals surface area contributed by atoms with E-state index in [0.717, 1.165) is 24.3 Å². The molecular formula is C20H19F4N5O2. The molecule has 0 saturated carbocycles. The predicted octanol–water partition coefficient (Wildman–Crippen LogP) is 1.88. The van der Waals surface area contributed by atoms with Gasteiger partial charge in [0.15, 0.2) is 11.6 Å². The van der Waals surface area contributed by atoms with Gasteiger partial charge in [-0.1, -0.05) is 0 Å². The number of aliphatic imine (C=N–C) groups is 1. The van der Waals surface area contributed by atoms with E-state index >= 15 is 0 Å². The number of nitrogens with one attached hydrogen (secondary N) is 4. The van der Waals surface area contributed by atoms with Gasteiger partial charge in [0.25, 0.3) is 5.91 Å². The lowest BCUT2D eigenvalue weighted by atomic mass is 10.0. The van der Waals surface area contributed by atoms with E-state index in [1.807, 2.05) is 0 Å². The molecule has 2 saturated heterocycles. The van der Waals surface area contributed by atoms with E-state index < -0.39 is 41.4 Å². The van der Waals surface area contributed by atoms with Crippen molar-refractivity contribution in [1.29, 1.82) is 0 Å². The summed E-state index contributed by atoms with van der Waals surface area (Å²) in [4.78, 5) is 16.4. The minimum absolute atomic E-state index is 0.0773. The summed E-state index contributed by atoms with van der Waals surface area (Å²) in [7, 11) is 0. The molecule has 0 radical (unpaired) electrons. The molecule has 0 bridgehead atoms. The summed E-state index contributed by atoms with van der Waals surface area (Å²) in [5.74, 6) is -4.25. The molecule has 2 heterocycles. The predicted molar refractivity (Wildman–Crippen MR) is 103 cm³/mol. The molecule has 164 valence electrons. The maximum atomic E-state index is 13.5. The van der Waals surface area contributed by atoms with Gasteiger partial charge in [-0.15, -0.1) is 0 Å². The molecule has 7 nitrogen and oxygen atoms in total. The van der Waals surface area contributed by atoms with Crippen LogP contribution in [0.15, 0.2) is 41.4 Å². The molecule has 2 unspecified atom stereocenters. The van der Waals surface area contributed by atoms with Crippen molar-refractivity contribution in [1.82, 2.24) is 21.5 Å². The van der Waals surface area contributed by atoms with Gasteiger partial charge >= 0.3 is 0 Å². The summed E-state index contributed by atoms with van der Waals surface area (Å²) >= 11 is 0. The number of ether oxygens (including phenoxy) is 1. The smallest absolute Gasteiger partial charge is 0.280 e. The van der Waals surface area contributed by atoms with Gasteiger partial charge in [-0.2, -0.15) is 4.99 Å². The van der Waals surface area contributed by atoms with Gasteiger partial charge in [-0.25, -0.2) is 28.4 Å². The van der Waals surface area contributed by atoms with Crippen molar-refractivity contribution in [3.05, 3.63) is 70.8 Å². The van der Waals surface area contributed by atoms with Crippen molar-refractivity contribution in [3.8, 4) is 0 Å². The number of carbonyl (C=O) groups is 1. The molecule has 2 aromatic rings. The van der Waals surface area contributed by atoms with E-state index in [1.54, 1.807) is 0 Å². The lowest BCUT2D eigenvalue weighted by molar-refractivity contribution is 0.00272. The Bertz CT molecular complexity index is 995. The zero-order chi connectivity index (χ0) is 22.0. The van der Waals surface area contributed by atoms with E-state index in [-0.39, 0.29) is 17.6 Å². The van der Waals surface area contributed by atoms with Crippen molar-refractivity contribution < 1.29 is 27.1 Å². The normalized spacial score (nSPS) is 21.6. The van der Waals surface area contributed by atoms with E-state index in [0.29, 0.717) is 25.2 Å². The number of benzene rings is 2. The highest BCUT2D eigenvalue weighted by Gasteiger charge is 2.28. The average Bonchev–Trinajstić information content (AvgIpc) is 3.14. The van der Waals surface area contributed by atoms with E-state index in [9.17, 15) is 22.4 Å². The molecule has 0 spiro atoms. The third-order valence-corrected chi connectivity index (χ3v) is 4.86. The fraction of sp³-hybridized carbons (Fsp3) is 0.300. The molecule has 2 aliphatic rings. The first-order chi connectivity index (χ1) is 14.9. The Hall–Kier alpha value is -3.02. The lowest BCUT2D eigenvalue weighted by Gasteiger charge is -2.29. The van der Waals surface area contributed by atoms with Crippen LogP contribution in [0.5, 0.6) is 0 Å². The SMILES string of the molecule is O=C(/N=C(/NC1COC1)NC1CC(c2cc(F)cc(F)c2)NN1)c1ccc(F)c(F)c1. The lowest BCUT2D eigenvalue weighted by Crippen LogP contribution is -2.56. The fourth-order valence-electron chi connectivity index (χ4n) is 3.22. The molecule has 0 aliphatic carbocycles. The number of guanidine groups is 1. The fourth-order valence-corrected chi connectivity index (χ4v) is 3.22. The Morgan fingerprint density at radius 1 is 0.968 bits per heavy atom. The van der Waals surface area contributed by atoms with Crippen molar-refractivity contribution in [2.45, 2.75) is 24.7 Å². The van der Waals surface area contributed by atoms with Crippen LogP contribution in [0, 0.1) is 23.3 Å². The monoisotopic (exact) mass is 437 g/mol. The molecular weight excluding hydrogens is 418 g/mol. The Balaban J connectivity index is 1.47. The van der Waals surface area contributed by atoms with Crippen LogP contribution >= 0.6 is 0 Å². The summed E-state index contributed by atoms with van der Waals surface area (Å²) < 4.78 is 58.7. The molecule has 2 aliphatic heterocycles. The number of hydrogen-bond donors (Lipinski definition) is 4. The van der Waals surface area contributed by atoms with Crippen LogP contribution in [0.3, 0.4) is 0 Å².